The molecule has 0 bridgehead atoms. The third kappa shape index (κ3) is 51.3. The molecule has 0 heterocycles. The molecule has 1 atom stereocenters. The number of hydrogen-bond acceptors (Lipinski definition) is 6. The van der Waals surface area contributed by atoms with E-state index in [0.29, 0.717) is 19.3 Å². The predicted molar refractivity (Wildman–Crippen MR) is 270 cm³/mol. The van der Waals surface area contributed by atoms with Gasteiger partial charge in [-0.25, -0.2) is 0 Å². The lowest BCUT2D eigenvalue weighted by Crippen LogP contribution is -2.30. The van der Waals surface area contributed by atoms with E-state index < -0.39 is 6.10 Å². The summed E-state index contributed by atoms with van der Waals surface area (Å²) in [6, 6.07) is 0. The molecule has 0 rings (SSSR count). The summed E-state index contributed by atoms with van der Waals surface area (Å²) in [5.74, 6) is 0.855. The van der Waals surface area contributed by atoms with Gasteiger partial charge < -0.3 is 14.2 Å². The molecule has 0 radical (unpaired) electrons. The van der Waals surface area contributed by atoms with Gasteiger partial charge >= 0.3 is 17.9 Å². The fourth-order valence-corrected chi connectivity index (χ4v) is 8.70. The standard InChI is InChI=1S/C57H110O6/c1-6-7-8-35-42-47-55(58)61-50-54(51-62-56(59)48-43-38-33-29-25-21-17-14-13-16-20-24-28-32-37-41-46-53(4)5)63-57(60)49-44-39-34-30-26-22-18-12-10-9-11-15-19-23-27-31-36-40-45-52(2)3/h52-54H,6-51H2,1-5H3/t54-/m1/s1. The third-order valence-corrected chi connectivity index (χ3v) is 13.0. The van der Waals surface area contributed by atoms with Gasteiger partial charge in [-0.1, -0.05) is 279 Å². The Bertz CT molecular complexity index is 962. The van der Waals surface area contributed by atoms with Crippen molar-refractivity contribution in [1.82, 2.24) is 0 Å². The molecule has 0 amide bonds. The number of carbonyl (C=O) groups is 3. The summed E-state index contributed by atoms with van der Waals surface area (Å²) < 4.78 is 16.7. The molecule has 0 aliphatic heterocycles. The van der Waals surface area contributed by atoms with Crippen LogP contribution < -0.4 is 0 Å². The number of unbranched alkanes of at least 4 members (excludes halogenated alkanes) is 36. The summed E-state index contributed by atoms with van der Waals surface area (Å²) >= 11 is 0. The monoisotopic (exact) mass is 891 g/mol. The number of esters is 3. The molecule has 0 aromatic heterocycles. The lowest BCUT2D eigenvalue weighted by molar-refractivity contribution is -0.167. The molecular formula is C57H110O6. The van der Waals surface area contributed by atoms with Crippen LogP contribution in [0, 0.1) is 11.8 Å². The molecule has 0 aromatic carbocycles. The zero-order valence-electron chi connectivity index (χ0n) is 43.2. The highest BCUT2D eigenvalue weighted by atomic mass is 16.6. The summed E-state index contributed by atoms with van der Waals surface area (Å²) in [6.45, 7) is 11.4. The molecule has 0 unspecified atom stereocenters. The zero-order valence-corrected chi connectivity index (χ0v) is 43.2. The quantitative estimate of drug-likeness (QED) is 0.0344. The van der Waals surface area contributed by atoms with Crippen molar-refractivity contribution in [1.29, 1.82) is 0 Å². The van der Waals surface area contributed by atoms with Gasteiger partial charge in [0.25, 0.3) is 0 Å². The summed E-state index contributed by atoms with van der Waals surface area (Å²) in [5, 5.41) is 0. The Morgan fingerprint density at radius 3 is 0.778 bits per heavy atom. The number of rotatable bonds is 51. The first-order valence-corrected chi connectivity index (χ1v) is 28.2. The van der Waals surface area contributed by atoms with Crippen molar-refractivity contribution >= 4 is 17.9 Å². The van der Waals surface area contributed by atoms with Crippen LogP contribution in [0.1, 0.15) is 317 Å². The van der Waals surface area contributed by atoms with E-state index in [9.17, 15) is 14.4 Å². The summed E-state index contributed by atoms with van der Waals surface area (Å²) in [6.07, 6.45) is 52.8. The minimum Gasteiger partial charge on any atom is -0.462 e. The van der Waals surface area contributed by atoms with E-state index in [1.165, 1.54) is 199 Å². The van der Waals surface area contributed by atoms with Gasteiger partial charge in [0.1, 0.15) is 13.2 Å². The average Bonchev–Trinajstić information content (AvgIpc) is 3.25. The highest BCUT2D eigenvalue weighted by Gasteiger charge is 2.19. The van der Waals surface area contributed by atoms with Crippen LogP contribution in [0.2, 0.25) is 0 Å². The molecule has 374 valence electrons. The molecule has 0 aliphatic carbocycles. The van der Waals surface area contributed by atoms with E-state index in [-0.39, 0.29) is 31.1 Å². The van der Waals surface area contributed by atoms with Gasteiger partial charge in [-0.05, 0) is 31.1 Å². The topological polar surface area (TPSA) is 78.9 Å². The molecule has 0 spiro atoms. The predicted octanol–water partition coefficient (Wildman–Crippen LogP) is 18.5. The maximum Gasteiger partial charge on any atom is 0.306 e. The van der Waals surface area contributed by atoms with Gasteiger partial charge in [0.15, 0.2) is 6.10 Å². The molecule has 0 saturated heterocycles. The third-order valence-electron chi connectivity index (χ3n) is 13.0. The van der Waals surface area contributed by atoms with Crippen molar-refractivity contribution < 1.29 is 28.6 Å². The van der Waals surface area contributed by atoms with Crippen molar-refractivity contribution in [2.24, 2.45) is 11.8 Å². The van der Waals surface area contributed by atoms with Crippen LogP contribution in [0.3, 0.4) is 0 Å². The maximum absolute atomic E-state index is 12.8. The van der Waals surface area contributed by atoms with Gasteiger partial charge in [-0.15, -0.1) is 0 Å². The normalized spacial score (nSPS) is 12.0. The molecule has 0 aromatic rings. The van der Waals surface area contributed by atoms with Crippen molar-refractivity contribution in [3.63, 3.8) is 0 Å². The lowest BCUT2D eigenvalue weighted by Gasteiger charge is -2.18. The Morgan fingerprint density at radius 1 is 0.302 bits per heavy atom. The SMILES string of the molecule is CCCCCCCC(=O)OC[C@H](COC(=O)CCCCCCCCCCCCCCCCCCC(C)C)OC(=O)CCCCCCCCCCCCCCCCCCCCC(C)C. The van der Waals surface area contributed by atoms with Crippen LogP contribution >= 0.6 is 0 Å². The Hall–Kier alpha value is -1.59. The van der Waals surface area contributed by atoms with Gasteiger partial charge in [-0.2, -0.15) is 0 Å². The highest BCUT2D eigenvalue weighted by molar-refractivity contribution is 5.71. The Kier molecular flexibility index (Phi) is 48.6. The lowest BCUT2D eigenvalue weighted by atomic mass is 10.0. The first-order chi connectivity index (χ1) is 30.7. The molecule has 0 N–H and O–H groups in total. The van der Waals surface area contributed by atoms with E-state index >= 15 is 0 Å². The molecule has 6 heteroatoms. The molecule has 0 saturated carbocycles. The average molecular weight is 892 g/mol. The Balaban J connectivity index is 4.04. The fourth-order valence-electron chi connectivity index (χ4n) is 8.70. The second kappa shape index (κ2) is 49.8. The van der Waals surface area contributed by atoms with Crippen molar-refractivity contribution in [3.8, 4) is 0 Å². The van der Waals surface area contributed by atoms with Crippen molar-refractivity contribution in [2.75, 3.05) is 13.2 Å². The molecule has 63 heavy (non-hydrogen) atoms. The minimum atomic E-state index is -0.760. The van der Waals surface area contributed by atoms with E-state index in [2.05, 4.69) is 34.6 Å². The largest absolute Gasteiger partial charge is 0.462 e. The Labute approximate surface area is 393 Å². The molecule has 0 aliphatic rings. The number of carbonyl (C=O) groups excluding carboxylic acids is 3. The molecular weight excluding hydrogens is 781 g/mol. The van der Waals surface area contributed by atoms with Gasteiger partial charge in [0.2, 0.25) is 0 Å². The van der Waals surface area contributed by atoms with Crippen molar-refractivity contribution in [3.05, 3.63) is 0 Å². The van der Waals surface area contributed by atoms with E-state index in [0.717, 1.165) is 76.0 Å². The second-order valence-corrected chi connectivity index (χ2v) is 20.5. The molecule has 6 nitrogen and oxygen atoms in total. The first kappa shape index (κ1) is 61.4. The summed E-state index contributed by atoms with van der Waals surface area (Å²) in [5.41, 5.74) is 0. The zero-order chi connectivity index (χ0) is 46.1. The van der Waals surface area contributed by atoms with Crippen LogP contribution in [0.5, 0.6) is 0 Å². The maximum atomic E-state index is 12.8. The summed E-state index contributed by atoms with van der Waals surface area (Å²) in [7, 11) is 0. The molecule has 0 fully saturated rings. The van der Waals surface area contributed by atoms with Crippen molar-refractivity contribution in [2.45, 2.75) is 323 Å². The number of hydrogen-bond donors (Lipinski definition) is 0. The first-order valence-electron chi connectivity index (χ1n) is 28.2. The van der Waals surface area contributed by atoms with Gasteiger partial charge in [0, 0.05) is 19.3 Å². The second-order valence-electron chi connectivity index (χ2n) is 20.5. The Morgan fingerprint density at radius 2 is 0.524 bits per heavy atom. The van der Waals surface area contributed by atoms with E-state index in [1.54, 1.807) is 0 Å². The van der Waals surface area contributed by atoms with Crippen LogP contribution in [-0.4, -0.2) is 37.2 Å². The van der Waals surface area contributed by atoms with Gasteiger partial charge in [-0.3, -0.25) is 14.4 Å². The van der Waals surface area contributed by atoms with Gasteiger partial charge in [0.05, 0.1) is 0 Å². The number of ether oxygens (including phenoxy) is 3. The van der Waals surface area contributed by atoms with E-state index in [4.69, 9.17) is 14.2 Å². The van der Waals surface area contributed by atoms with E-state index in [1.807, 2.05) is 0 Å². The minimum absolute atomic E-state index is 0.0639. The summed E-state index contributed by atoms with van der Waals surface area (Å²) in [4.78, 5) is 37.8. The highest BCUT2D eigenvalue weighted by Crippen LogP contribution is 2.18. The smallest absolute Gasteiger partial charge is 0.306 e. The van der Waals surface area contributed by atoms with Crippen LogP contribution in [0.25, 0.3) is 0 Å². The fraction of sp³-hybridized carbons (Fsp3) is 0.947. The van der Waals surface area contributed by atoms with Crippen LogP contribution in [0.4, 0.5) is 0 Å². The van der Waals surface area contributed by atoms with Crippen LogP contribution in [0.15, 0.2) is 0 Å². The van der Waals surface area contributed by atoms with Crippen LogP contribution in [-0.2, 0) is 28.6 Å².